The molecule has 6 nitrogen and oxygen atoms in total. The minimum atomic E-state index is -1.02. The van der Waals surface area contributed by atoms with Gasteiger partial charge in [-0.1, -0.05) is 0 Å². The van der Waals surface area contributed by atoms with E-state index < -0.39 is 11.5 Å². The number of rotatable bonds is 3. The maximum absolute atomic E-state index is 11.5. The Morgan fingerprint density at radius 2 is 2.13 bits per heavy atom. The fourth-order valence-electron chi connectivity index (χ4n) is 1.10. The molecule has 1 rings (SSSR count). The van der Waals surface area contributed by atoms with Crippen LogP contribution in [0.4, 0.5) is 0 Å². The van der Waals surface area contributed by atoms with Crippen LogP contribution in [-0.2, 0) is 18.4 Å². The summed E-state index contributed by atoms with van der Waals surface area (Å²) in [4.78, 5) is 33.2. The molecule has 0 spiro atoms. The highest BCUT2D eigenvalue weighted by Gasteiger charge is 2.08. The topological polar surface area (TPSA) is 81.3 Å². The van der Waals surface area contributed by atoms with Gasteiger partial charge in [-0.3, -0.25) is 19.1 Å². The summed E-state index contributed by atoms with van der Waals surface area (Å²) in [6.07, 6.45) is -0.205. The van der Waals surface area contributed by atoms with Gasteiger partial charge >= 0.3 is 5.97 Å². The maximum atomic E-state index is 11.5. The zero-order valence-corrected chi connectivity index (χ0v) is 9.52. The van der Waals surface area contributed by atoms with Crippen molar-refractivity contribution >= 4 is 21.9 Å². The molecule has 0 saturated heterocycles. The van der Waals surface area contributed by atoms with Crippen LogP contribution in [0, 0.1) is 0 Å². The number of nitrogens with zero attached hydrogens (tertiary/aromatic N) is 2. The van der Waals surface area contributed by atoms with Gasteiger partial charge in [-0.15, -0.1) is 0 Å². The van der Waals surface area contributed by atoms with Crippen molar-refractivity contribution in [2.75, 3.05) is 0 Å². The van der Waals surface area contributed by atoms with Crippen LogP contribution in [0.1, 0.15) is 6.42 Å². The highest BCUT2D eigenvalue weighted by atomic mass is 79.9. The number of carboxylic acids is 1. The molecule has 0 aliphatic heterocycles. The number of aromatic nitrogens is 2. The summed E-state index contributed by atoms with van der Waals surface area (Å²) in [5, 5.41) is 8.48. The van der Waals surface area contributed by atoms with E-state index >= 15 is 0 Å². The Labute approximate surface area is 92.9 Å². The van der Waals surface area contributed by atoms with E-state index in [-0.39, 0.29) is 23.0 Å². The molecule has 1 aromatic rings. The average Bonchev–Trinajstić information content (AvgIpc) is 2.14. The van der Waals surface area contributed by atoms with Gasteiger partial charge in [0.15, 0.2) is 0 Å². The van der Waals surface area contributed by atoms with Crippen LogP contribution < -0.4 is 11.1 Å². The second-order valence-electron chi connectivity index (χ2n) is 2.93. The van der Waals surface area contributed by atoms with E-state index in [1.54, 1.807) is 0 Å². The molecular formula is C8H9BrN2O4. The lowest BCUT2D eigenvalue weighted by atomic mass is 10.4. The third-order valence-electron chi connectivity index (χ3n) is 1.91. The predicted octanol–water partition coefficient (Wildman–Crippen LogP) is -0.216. The van der Waals surface area contributed by atoms with Gasteiger partial charge in [-0.05, 0) is 15.9 Å². The third kappa shape index (κ3) is 2.56. The molecule has 1 N–H and O–H groups in total. The standard InChI is InChI=1S/C8H9BrN2O4/c1-10-6(12)4-5(9)8(15)11(10)3-2-7(13)14/h4H,2-3H2,1H3,(H,13,14). The minimum absolute atomic E-state index is 0.0284. The first-order valence-electron chi connectivity index (χ1n) is 4.12. The lowest BCUT2D eigenvalue weighted by molar-refractivity contribution is -0.137. The number of aliphatic carboxylic acids is 1. The molecule has 15 heavy (non-hydrogen) atoms. The first-order valence-corrected chi connectivity index (χ1v) is 4.91. The monoisotopic (exact) mass is 276 g/mol. The van der Waals surface area contributed by atoms with Crippen molar-refractivity contribution in [3.63, 3.8) is 0 Å². The highest BCUT2D eigenvalue weighted by Crippen LogP contribution is 1.97. The second kappa shape index (κ2) is 4.43. The molecule has 0 saturated carbocycles. The van der Waals surface area contributed by atoms with Crippen LogP contribution in [0.5, 0.6) is 0 Å². The predicted molar refractivity (Wildman–Crippen MR) is 55.9 cm³/mol. The number of halogens is 1. The van der Waals surface area contributed by atoms with E-state index in [0.717, 1.165) is 15.4 Å². The quantitative estimate of drug-likeness (QED) is 0.828. The summed E-state index contributed by atoms with van der Waals surface area (Å²) >= 11 is 2.94. The van der Waals surface area contributed by atoms with Crippen molar-refractivity contribution in [1.82, 2.24) is 9.36 Å². The van der Waals surface area contributed by atoms with Gasteiger partial charge < -0.3 is 5.11 Å². The number of carboxylic acid groups (broad SMARTS) is 1. The Hall–Kier alpha value is -1.37. The summed E-state index contributed by atoms with van der Waals surface area (Å²) in [6, 6.07) is 1.15. The van der Waals surface area contributed by atoms with E-state index in [1.165, 1.54) is 7.05 Å². The zero-order chi connectivity index (χ0) is 11.6. The van der Waals surface area contributed by atoms with Gasteiger partial charge in [0.1, 0.15) is 0 Å². The summed E-state index contributed by atoms with van der Waals surface area (Å²) in [7, 11) is 1.41. The molecule has 0 aliphatic carbocycles. The summed E-state index contributed by atoms with van der Waals surface area (Å²) in [6.45, 7) is -0.0284. The largest absolute Gasteiger partial charge is 0.481 e. The molecule has 0 aliphatic rings. The van der Waals surface area contributed by atoms with Crippen molar-refractivity contribution in [2.24, 2.45) is 7.05 Å². The van der Waals surface area contributed by atoms with Gasteiger partial charge in [0.05, 0.1) is 17.4 Å². The molecule has 0 unspecified atom stereocenters. The Morgan fingerprint density at radius 3 is 2.67 bits per heavy atom. The fraction of sp³-hybridized carbons (Fsp3) is 0.375. The Morgan fingerprint density at radius 1 is 1.53 bits per heavy atom. The molecule has 0 amide bonds. The minimum Gasteiger partial charge on any atom is -0.481 e. The van der Waals surface area contributed by atoms with Crippen LogP contribution in [-0.4, -0.2) is 20.4 Å². The summed E-state index contributed by atoms with van der Waals surface area (Å²) in [5.41, 5.74) is -0.787. The fourth-order valence-corrected chi connectivity index (χ4v) is 1.50. The van der Waals surface area contributed by atoms with Crippen molar-refractivity contribution < 1.29 is 9.90 Å². The van der Waals surface area contributed by atoms with Gasteiger partial charge in [0, 0.05) is 13.1 Å². The zero-order valence-electron chi connectivity index (χ0n) is 7.94. The molecular weight excluding hydrogens is 268 g/mol. The van der Waals surface area contributed by atoms with Crippen LogP contribution in [0.25, 0.3) is 0 Å². The van der Waals surface area contributed by atoms with E-state index in [2.05, 4.69) is 15.9 Å². The van der Waals surface area contributed by atoms with Gasteiger partial charge in [0.2, 0.25) is 0 Å². The van der Waals surface area contributed by atoms with Gasteiger partial charge in [-0.25, -0.2) is 4.68 Å². The van der Waals surface area contributed by atoms with Crippen LogP contribution in [0.3, 0.4) is 0 Å². The lowest BCUT2D eigenvalue weighted by Gasteiger charge is -2.09. The van der Waals surface area contributed by atoms with Crippen molar-refractivity contribution in [2.45, 2.75) is 13.0 Å². The van der Waals surface area contributed by atoms with Crippen LogP contribution >= 0.6 is 15.9 Å². The first kappa shape index (κ1) is 11.7. The van der Waals surface area contributed by atoms with Gasteiger partial charge in [-0.2, -0.15) is 0 Å². The molecule has 0 bridgehead atoms. The summed E-state index contributed by atoms with van der Waals surface area (Å²) < 4.78 is 2.31. The average molecular weight is 277 g/mol. The van der Waals surface area contributed by atoms with E-state index in [1.807, 2.05) is 0 Å². The number of carbonyl (C=O) groups is 1. The maximum Gasteiger partial charge on any atom is 0.305 e. The van der Waals surface area contributed by atoms with Crippen LogP contribution in [0.2, 0.25) is 0 Å². The third-order valence-corrected chi connectivity index (χ3v) is 2.48. The van der Waals surface area contributed by atoms with Crippen molar-refractivity contribution in [3.05, 3.63) is 31.2 Å². The van der Waals surface area contributed by atoms with Crippen molar-refractivity contribution in [3.8, 4) is 0 Å². The van der Waals surface area contributed by atoms with Gasteiger partial charge in [0.25, 0.3) is 11.1 Å². The molecule has 7 heteroatoms. The smallest absolute Gasteiger partial charge is 0.305 e. The number of hydrogen-bond acceptors (Lipinski definition) is 3. The Kier molecular flexibility index (Phi) is 3.46. The molecule has 0 fully saturated rings. The van der Waals surface area contributed by atoms with Crippen molar-refractivity contribution in [1.29, 1.82) is 0 Å². The molecule has 1 heterocycles. The van der Waals surface area contributed by atoms with E-state index in [9.17, 15) is 14.4 Å². The Bertz CT molecular complexity index is 502. The highest BCUT2D eigenvalue weighted by molar-refractivity contribution is 9.10. The summed E-state index contributed by atoms with van der Waals surface area (Å²) in [5.74, 6) is -1.02. The number of hydrogen-bond donors (Lipinski definition) is 1. The van der Waals surface area contributed by atoms with Crippen LogP contribution in [0.15, 0.2) is 20.1 Å². The molecule has 1 aromatic heterocycles. The van der Waals surface area contributed by atoms with E-state index in [0.29, 0.717) is 0 Å². The molecule has 0 radical (unpaired) electrons. The normalized spacial score (nSPS) is 10.3. The van der Waals surface area contributed by atoms with E-state index in [4.69, 9.17) is 5.11 Å². The lowest BCUT2D eigenvalue weighted by Crippen LogP contribution is -2.37. The SMILES string of the molecule is Cn1c(=O)cc(Br)c(=O)n1CCC(=O)O. The first-order chi connectivity index (χ1) is 6.93. The second-order valence-corrected chi connectivity index (χ2v) is 3.78. The molecule has 82 valence electrons. The Balaban J connectivity index is 3.22. The molecule has 0 atom stereocenters. The molecule has 0 aromatic carbocycles.